The Labute approximate surface area is 94.0 Å². The van der Waals surface area contributed by atoms with Crippen molar-refractivity contribution in [2.24, 2.45) is 5.92 Å². The number of hydrogen-bond acceptors (Lipinski definition) is 2. The van der Waals surface area contributed by atoms with Gasteiger partial charge in [-0.1, -0.05) is 29.8 Å². The smallest absolute Gasteiger partial charge is 0.0328 e. The van der Waals surface area contributed by atoms with E-state index in [4.69, 9.17) is 5.73 Å². The number of benzene rings is 1. The van der Waals surface area contributed by atoms with Gasteiger partial charge in [0.15, 0.2) is 0 Å². The standard InChI is InChI=1S/C11H17BrN2/c1-8(2)6-14-7-9-3-10(12)5-11(13)4-9/h3-5,8,14H,6-7,13H2,1-2H3. The molecule has 0 spiro atoms. The van der Waals surface area contributed by atoms with E-state index >= 15 is 0 Å². The summed E-state index contributed by atoms with van der Waals surface area (Å²) in [6, 6.07) is 5.99. The first-order chi connectivity index (χ1) is 6.58. The summed E-state index contributed by atoms with van der Waals surface area (Å²) >= 11 is 3.43. The third-order valence-electron chi connectivity index (χ3n) is 1.86. The van der Waals surface area contributed by atoms with E-state index in [1.807, 2.05) is 12.1 Å². The van der Waals surface area contributed by atoms with Gasteiger partial charge in [-0.3, -0.25) is 0 Å². The Kier molecular flexibility index (Phi) is 4.42. The highest BCUT2D eigenvalue weighted by atomic mass is 79.9. The highest BCUT2D eigenvalue weighted by molar-refractivity contribution is 9.10. The first-order valence-electron chi connectivity index (χ1n) is 4.83. The van der Waals surface area contributed by atoms with Gasteiger partial charge in [-0.2, -0.15) is 0 Å². The quantitative estimate of drug-likeness (QED) is 0.814. The molecule has 0 bridgehead atoms. The predicted molar refractivity (Wildman–Crippen MR) is 65.1 cm³/mol. The number of nitrogens with two attached hydrogens (primary N) is 1. The van der Waals surface area contributed by atoms with Crippen LogP contribution in [0.15, 0.2) is 22.7 Å². The third kappa shape index (κ3) is 4.11. The molecule has 0 atom stereocenters. The topological polar surface area (TPSA) is 38.0 Å². The highest BCUT2D eigenvalue weighted by Gasteiger charge is 1.98. The largest absolute Gasteiger partial charge is 0.399 e. The zero-order chi connectivity index (χ0) is 10.6. The van der Waals surface area contributed by atoms with Gasteiger partial charge >= 0.3 is 0 Å². The molecule has 1 rings (SSSR count). The van der Waals surface area contributed by atoms with Gasteiger partial charge in [0.1, 0.15) is 0 Å². The molecule has 0 aromatic heterocycles. The first kappa shape index (κ1) is 11.5. The second-order valence-electron chi connectivity index (χ2n) is 3.92. The molecule has 0 aliphatic heterocycles. The van der Waals surface area contributed by atoms with Crippen molar-refractivity contribution in [3.05, 3.63) is 28.2 Å². The van der Waals surface area contributed by atoms with E-state index in [-0.39, 0.29) is 0 Å². The molecule has 3 heteroatoms. The van der Waals surface area contributed by atoms with Crippen LogP contribution in [0.25, 0.3) is 0 Å². The molecule has 0 aliphatic carbocycles. The molecule has 0 amide bonds. The van der Waals surface area contributed by atoms with Crippen molar-refractivity contribution in [2.75, 3.05) is 12.3 Å². The summed E-state index contributed by atoms with van der Waals surface area (Å²) in [5, 5.41) is 3.38. The molecule has 14 heavy (non-hydrogen) atoms. The van der Waals surface area contributed by atoms with Gasteiger partial charge in [0.2, 0.25) is 0 Å². The molecule has 0 unspecified atom stereocenters. The van der Waals surface area contributed by atoms with Gasteiger partial charge < -0.3 is 11.1 Å². The van der Waals surface area contributed by atoms with E-state index in [0.717, 1.165) is 23.2 Å². The number of nitrogen functional groups attached to an aromatic ring is 1. The van der Waals surface area contributed by atoms with Crippen LogP contribution in [-0.4, -0.2) is 6.54 Å². The maximum absolute atomic E-state index is 5.73. The normalized spacial score (nSPS) is 10.9. The summed E-state index contributed by atoms with van der Waals surface area (Å²) < 4.78 is 1.04. The Morgan fingerprint density at radius 3 is 2.64 bits per heavy atom. The van der Waals surface area contributed by atoms with Gasteiger partial charge in [0, 0.05) is 16.7 Å². The van der Waals surface area contributed by atoms with Gasteiger partial charge in [0.25, 0.3) is 0 Å². The second-order valence-corrected chi connectivity index (χ2v) is 4.83. The predicted octanol–water partition coefficient (Wildman–Crippen LogP) is 2.78. The molecule has 0 fully saturated rings. The Balaban J connectivity index is 2.50. The summed E-state index contributed by atoms with van der Waals surface area (Å²) in [6.45, 7) is 6.30. The van der Waals surface area contributed by atoms with E-state index in [0.29, 0.717) is 5.92 Å². The van der Waals surface area contributed by atoms with Crippen molar-refractivity contribution in [3.8, 4) is 0 Å². The van der Waals surface area contributed by atoms with Crippen molar-refractivity contribution >= 4 is 21.6 Å². The second kappa shape index (κ2) is 5.37. The van der Waals surface area contributed by atoms with E-state index in [2.05, 4.69) is 41.2 Å². The van der Waals surface area contributed by atoms with Crippen molar-refractivity contribution in [1.29, 1.82) is 0 Å². The third-order valence-corrected chi connectivity index (χ3v) is 2.32. The van der Waals surface area contributed by atoms with Crippen LogP contribution in [-0.2, 0) is 6.54 Å². The van der Waals surface area contributed by atoms with E-state index in [1.54, 1.807) is 0 Å². The zero-order valence-electron chi connectivity index (χ0n) is 8.68. The molecular formula is C11H17BrN2. The Morgan fingerprint density at radius 2 is 2.07 bits per heavy atom. The van der Waals surface area contributed by atoms with E-state index < -0.39 is 0 Å². The molecule has 0 saturated heterocycles. The van der Waals surface area contributed by atoms with Crippen LogP contribution in [0.4, 0.5) is 5.69 Å². The molecule has 2 nitrogen and oxygen atoms in total. The number of halogens is 1. The number of rotatable bonds is 4. The van der Waals surface area contributed by atoms with Crippen LogP contribution in [0.2, 0.25) is 0 Å². The lowest BCUT2D eigenvalue weighted by Gasteiger charge is -2.08. The Bertz CT molecular complexity index is 277. The molecular weight excluding hydrogens is 240 g/mol. The van der Waals surface area contributed by atoms with Gasteiger partial charge in [-0.25, -0.2) is 0 Å². The molecule has 3 N–H and O–H groups in total. The van der Waals surface area contributed by atoms with Crippen molar-refractivity contribution in [1.82, 2.24) is 5.32 Å². The van der Waals surface area contributed by atoms with Gasteiger partial charge in [-0.15, -0.1) is 0 Å². The fraction of sp³-hybridized carbons (Fsp3) is 0.455. The molecule has 1 aromatic rings. The summed E-state index contributed by atoms with van der Waals surface area (Å²) in [5.74, 6) is 0.680. The summed E-state index contributed by atoms with van der Waals surface area (Å²) in [6.07, 6.45) is 0. The average molecular weight is 257 g/mol. The zero-order valence-corrected chi connectivity index (χ0v) is 10.3. The highest BCUT2D eigenvalue weighted by Crippen LogP contribution is 2.17. The van der Waals surface area contributed by atoms with Crippen LogP contribution in [0, 0.1) is 5.92 Å². The van der Waals surface area contributed by atoms with E-state index in [9.17, 15) is 0 Å². The lowest BCUT2D eigenvalue weighted by molar-refractivity contribution is 0.552. The van der Waals surface area contributed by atoms with Crippen LogP contribution in [0.5, 0.6) is 0 Å². The Hall–Kier alpha value is -0.540. The monoisotopic (exact) mass is 256 g/mol. The lowest BCUT2D eigenvalue weighted by atomic mass is 10.2. The van der Waals surface area contributed by atoms with Crippen molar-refractivity contribution < 1.29 is 0 Å². The molecule has 0 heterocycles. The fourth-order valence-corrected chi connectivity index (χ4v) is 1.84. The minimum absolute atomic E-state index is 0.680. The molecule has 0 saturated carbocycles. The molecule has 1 aromatic carbocycles. The average Bonchev–Trinajstić information content (AvgIpc) is 2.01. The number of hydrogen-bond donors (Lipinski definition) is 2. The fourth-order valence-electron chi connectivity index (χ4n) is 1.28. The minimum Gasteiger partial charge on any atom is -0.399 e. The lowest BCUT2D eigenvalue weighted by Crippen LogP contribution is -2.18. The van der Waals surface area contributed by atoms with Gasteiger partial charge in [-0.05, 0) is 36.2 Å². The van der Waals surface area contributed by atoms with E-state index in [1.165, 1.54) is 5.56 Å². The Morgan fingerprint density at radius 1 is 1.36 bits per heavy atom. The van der Waals surface area contributed by atoms with Gasteiger partial charge in [0.05, 0.1) is 0 Å². The molecule has 78 valence electrons. The van der Waals surface area contributed by atoms with Crippen LogP contribution in [0.1, 0.15) is 19.4 Å². The number of nitrogens with one attached hydrogen (secondary N) is 1. The maximum Gasteiger partial charge on any atom is 0.0328 e. The van der Waals surface area contributed by atoms with Crippen molar-refractivity contribution in [3.63, 3.8) is 0 Å². The SMILES string of the molecule is CC(C)CNCc1cc(N)cc(Br)c1. The maximum atomic E-state index is 5.73. The first-order valence-corrected chi connectivity index (χ1v) is 5.63. The van der Waals surface area contributed by atoms with Crippen LogP contribution in [0.3, 0.4) is 0 Å². The molecule has 0 radical (unpaired) electrons. The van der Waals surface area contributed by atoms with Crippen LogP contribution >= 0.6 is 15.9 Å². The summed E-state index contributed by atoms with van der Waals surface area (Å²) in [7, 11) is 0. The summed E-state index contributed by atoms with van der Waals surface area (Å²) in [5.41, 5.74) is 7.76. The molecule has 0 aliphatic rings. The summed E-state index contributed by atoms with van der Waals surface area (Å²) in [4.78, 5) is 0. The van der Waals surface area contributed by atoms with Crippen LogP contribution < -0.4 is 11.1 Å². The minimum atomic E-state index is 0.680. The number of anilines is 1. The van der Waals surface area contributed by atoms with Crippen molar-refractivity contribution in [2.45, 2.75) is 20.4 Å².